The van der Waals surface area contributed by atoms with E-state index >= 15 is 0 Å². The van der Waals surface area contributed by atoms with Gasteiger partial charge in [0.2, 0.25) is 0 Å². The molecule has 0 saturated carbocycles. The van der Waals surface area contributed by atoms with Crippen molar-refractivity contribution in [1.82, 2.24) is 9.78 Å². The Bertz CT molecular complexity index is 479. The van der Waals surface area contributed by atoms with Gasteiger partial charge >= 0.3 is 0 Å². The molecule has 4 heteroatoms. The molecule has 0 bridgehead atoms. The van der Waals surface area contributed by atoms with Gasteiger partial charge < -0.3 is 5.73 Å². The molecule has 0 unspecified atom stereocenters. The third-order valence-corrected chi connectivity index (χ3v) is 3.55. The van der Waals surface area contributed by atoms with E-state index in [-0.39, 0.29) is 0 Å². The van der Waals surface area contributed by atoms with E-state index in [0.29, 0.717) is 5.82 Å². The lowest BCUT2D eigenvalue weighted by Gasteiger charge is -2.07. The normalized spacial score (nSPS) is 10.6. The molecule has 2 aromatic rings. The van der Waals surface area contributed by atoms with Crippen molar-refractivity contribution in [2.45, 2.75) is 13.8 Å². The van der Waals surface area contributed by atoms with E-state index in [2.05, 4.69) is 47.0 Å². The Balaban J connectivity index is 2.55. The Hall–Kier alpha value is -1.29. The Labute approximate surface area is 97.0 Å². The number of nitrogen functional groups attached to an aromatic ring is 1. The Morgan fingerprint density at radius 3 is 2.33 bits per heavy atom. The zero-order chi connectivity index (χ0) is 11.0. The van der Waals surface area contributed by atoms with Crippen molar-refractivity contribution >= 4 is 21.7 Å². The smallest absolute Gasteiger partial charge is 0.145 e. The molecule has 0 saturated heterocycles. The number of anilines is 1. The predicted molar refractivity (Wildman–Crippen MR) is 65.2 cm³/mol. The first-order valence-corrected chi connectivity index (χ1v) is 5.45. The van der Waals surface area contributed by atoms with E-state index in [1.54, 1.807) is 10.7 Å². The minimum Gasteiger partial charge on any atom is -0.382 e. The molecular weight excluding hydrogens is 254 g/mol. The summed E-state index contributed by atoms with van der Waals surface area (Å²) >= 11 is 3.54. The number of halogens is 1. The quantitative estimate of drug-likeness (QED) is 0.862. The maximum absolute atomic E-state index is 5.58. The number of nitrogens with two attached hydrogens (primary N) is 1. The minimum atomic E-state index is 0.535. The molecule has 0 spiro atoms. The van der Waals surface area contributed by atoms with Gasteiger partial charge in [-0.3, -0.25) is 0 Å². The van der Waals surface area contributed by atoms with Crippen molar-refractivity contribution in [3.8, 4) is 5.69 Å². The summed E-state index contributed by atoms with van der Waals surface area (Å²) in [5.41, 5.74) is 9.00. The number of aromatic nitrogens is 2. The molecule has 0 radical (unpaired) electrons. The lowest BCUT2D eigenvalue weighted by atomic mass is 10.1. The van der Waals surface area contributed by atoms with Gasteiger partial charge in [-0.25, -0.2) is 4.68 Å². The third kappa shape index (κ3) is 1.90. The van der Waals surface area contributed by atoms with Crippen LogP contribution in [-0.2, 0) is 0 Å². The van der Waals surface area contributed by atoms with Crippen molar-refractivity contribution < 1.29 is 0 Å². The van der Waals surface area contributed by atoms with Crippen molar-refractivity contribution in [1.29, 1.82) is 0 Å². The third-order valence-electron chi connectivity index (χ3n) is 2.30. The standard InChI is InChI=1S/C11H12BrN3/c1-7-5-9(6-8(2)11(7)12)15-4-3-10(13)14-15/h3-6H,1-2H3,(H2,13,14). The molecule has 1 aromatic carbocycles. The van der Waals surface area contributed by atoms with E-state index in [9.17, 15) is 0 Å². The number of hydrogen-bond acceptors (Lipinski definition) is 2. The van der Waals surface area contributed by atoms with Crippen LogP contribution in [0.1, 0.15) is 11.1 Å². The van der Waals surface area contributed by atoms with Crippen LogP contribution in [0.25, 0.3) is 5.69 Å². The Morgan fingerprint density at radius 1 is 1.27 bits per heavy atom. The number of hydrogen-bond donors (Lipinski definition) is 1. The van der Waals surface area contributed by atoms with Crippen LogP contribution >= 0.6 is 15.9 Å². The van der Waals surface area contributed by atoms with Crippen LogP contribution < -0.4 is 5.73 Å². The van der Waals surface area contributed by atoms with Crippen LogP contribution in [0.3, 0.4) is 0 Å². The molecule has 15 heavy (non-hydrogen) atoms. The molecule has 0 aliphatic heterocycles. The first-order chi connectivity index (χ1) is 7.08. The Morgan fingerprint density at radius 2 is 1.87 bits per heavy atom. The van der Waals surface area contributed by atoms with Crippen LogP contribution in [0.4, 0.5) is 5.82 Å². The molecular formula is C11H12BrN3. The average molecular weight is 266 g/mol. The summed E-state index contributed by atoms with van der Waals surface area (Å²) in [7, 11) is 0. The van der Waals surface area contributed by atoms with Crippen LogP contribution in [0.15, 0.2) is 28.9 Å². The van der Waals surface area contributed by atoms with Gasteiger partial charge in [0.05, 0.1) is 5.69 Å². The molecule has 0 aliphatic rings. The highest BCUT2D eigenvalue weighted by molar-refractivity contribution is 9.10. The molecule has 0 fully saturated rings. The molecule has 2 N–H and O–H groups in total. The zero-order valence-electron chi connectivity index (χ0n) is 8.66. The maximum Gasteiger partial charge on any atom is 0.145 e. The average Bonchev–Trinajstić information content (AvgIpc) is 2.60. The highest BCUT2D eigenvalue weighted by Gasteiger charge is 2.04. The Kier molecular flexibility index (Phi) is 2.52. The maximum atomic E-state index is 5.58. The second-order valence-corrected chi connectivity index (χ2v) is 4.37. The van der Waals surface area contributed by atoms with Crippen LogP contribution in [0.2, 0.25) is 0 Å². The van der Waals surface area contributed by atoms with Gasteiger partial charge in [-0.05, 0) is 37.1 Å². The van der Waals surface area contributed by atoms with Crippen LogP contribution in [0.5, 0.6) is 0 Å². The van der Waals surface area contributed by atoms with Gasteiger partial charge in [-0.1, -0.05) is 15.9 Å². The second kappa shape index (κ2) is 3.70. The summed E-state index contributed by atoms with van der Waals surface area (Å²) in [6.07, 6.45) is 1.86. The highest BCUT2D eigenvalue weighted by Crippen LogP contribution is 2.24. The second-order valence-electron chi connectivity index (χ2n) is 3.58. The number of nitrogens with zero attached hydrogens (tertiary/aromatic N) is 2. The number of rotatable bonds is 1. The lowest BCUT2D eigenvalue weighted by Crippen LogP contribution is -1.98. The number of benzene rings is 1. The summed E-state index contributed by atoms with van der Waals surface area (Å²) in [6.45, 7) is 4.13. The molecule has 0 atom stereocenters. The highest BCUT2D eigenvalue weighted by atomic mass is 79.9. The first-order valence-electron chi connectivity index (χ1n) is 4.66. The van der Waals surface area contributed by atoms with Crippen molar-refractivity contribution in [2.24, 2.45) is 0 Å². The van der Waals surface area contributed by atoms with E-state index in [1.165, 1.54) is 11.1 Å². The van der Waals surface area contributed by atoms with Gasteiger partial charge in [0.25, 0.3) is 0 Å². The lowest BCUT2D eigenvalue weighted by molar-refractivity contribution is 0.882. The van der Waals surface area contributed by atoms with E-state index in [4.69, 9.17) is 5.73 Å². The van der Waals surface area contributed by atoms with Crippen LogP contribution in [0, 0.1) is 13.8 Å². The van der Waals surface area contributed by atoms with Gasteiger partial charge in [0, 0.05) is 16.7 Å². The van der Waals surface area contributed by atoms with Crippen molar-refractivity contribution in [3.63, 3.8) is 0 Å². The molecule has 78 valence electrons. The van der Waals surface area contributed by atoms with E-state index in [1.807, 2.05) is 6.20 Å². The fraction of sp³-hybridized carbons (Fsp3) is 0.182. The van der Waals surface area contributed by atoms with E-state index in [0.717, 1.165) is 10.2 Å². The SMILES string of the molecule is Cc1cc(-n2ccc(N)n2)cc(C)c1Br. The van der Waals surface area contributed by atoms with E-state index < -0.39 is 0 Å². The zero-order valence-corrected chi connectivity index (χ0v) is 10.2. The topological polar surface area (TPSA) is 43.8 Å². The molecule has 1 aromatic heterocycles. The molecule has 0 amide bonds. The molecule has 0 aliphatic carbocycles. The van der Waals surface area contributed by atoms with Gasteiger partial charge in [-0.2, -0.15) is 5.10 Å². The summed E-state index contributed by atoms with van der Waals surface area (Å²) < 4.78 is 2.92. The predicted octanol–water partition coefficient (Wildman–Crippen LogP) is 2.83. The van der Waals surface area contributed by atoms with Crippen molar-refractivity contribution in [2.75, 3.05) is 5.73 Å². The minimum absolute atomic E-state index is 0.535. The summed E-state index contributed by atoms with van der Waals surface area (Å²) in [5, 5.41) is 4.17. The van der Waals surface area contributed by atoms with Crippen LogP contribution in [-0.4, -0.2) is 9.78 Å². The fourth-order valence-corrected chi connectivity index (χ4v) is 1.77. The van der Waals surface area contributed by atoms with Crippen molar-refractivity contribution in [3.05, 3.63) is 40.0 Å². The molecule has 1 heterocycles. The van der Waals surface area contributed by atoms with Gasteiger partial charge in [0.15, 0.2) is 0 Å². The molecule has 2 rings (SSSR count). The largest absolute Gasteiger partial charge is 0.382 e. The summed E-state index contributed by atoms with van der Waals surface area (Å²) in [5.74, 6) is 0.535. The van der Waals surface area contributed by atoms with Gasteiger partial charge in [0.1, 0.15) is 5.82 Å². The summed E-state index contributed by atoms with van der Waals surface area (Å²) in [4.78, 5) is 0. The summed E-state index contributed by atoms with van der Waals surface area (Å²) in [6, 6.07) is 5.93. The fourth-order valence-electron chi connectivity index (χ4n) is 1.54. The number of aryl methyl sites for hydroxylation is 2. The van der Waals surface area contributed by atoms with Gasteiger partial charge in [-0.15, -0.1) is 0 Å². The first kappa shape index (κ1) is 10.2. The molecule has 3 nitrogen and oxygen atoms in total. The monoisotopic (exact) mass is 265 g/mol.